The summed E-state index contributed by atoms with van der Waals surface area (Å²) in [7, 11) is 0. The molecule has 0 atom stereocenters. The van der Waals surface area contributed by atoms with Crippen LogP contribution in [-0.2, 0) is 13.0 Å². The predicted octanol–water partition coefficient (Wildman–Crippen LogP) is 10.8. The van der Waals surface area contributed by atoms with Crippen LogP contribution in [0, 0.1) is 0 Å². The van der Waals surface area contributed by atoms with Crippen molar-refractivity contribution < 1.29 is 0 Å². The first-order valence-electron chi connectivity index (χ1n) is 18.8. The largest absolute Gasteiger partial charge is 0.396 e. The van der Waals surface area contributed by atoms with Gasteiger partial charge in [-0.05, 0) is 95.1 Å². The van der Waals surface area contributed by atoms with Gasteiger partial charge in [0.15, 0.2) is 5.84 Å². The Morgan fingerprint density at radius 2 is 1.23 bits per heavy atom. The van der Waals surface area contributed by atoms with Crippen molar-refractivity contribution in [3.63, 3.8) is 0 Å². The Balaban J connectivity index is 0.994. The molecule has 56 heavy (non-hydrogen) atoms. The Bertz CT molecular complexity index is 2950. The summed E-state index contributed by atoms with van der Waals surface area (Å²) in [5.74, 6) is 0.766. The lowest BCUT2D eigenvalue weighted by Crippen LogP contribution is -2.19. The summed E-state index contributed by atoms with van der Waals surface area (Å²) >= 11 is 0. The first-order valence-corrected chi connectivity index (χ1v) is 18.8. The summed E-state index contributed by atoms with van der Waals surface area (Å²) in [6.07, 6.45) is 8.79. The number of nitrogens with zero attached hydrogens (tertiary/aromatic N) is 4. The molecule has 0 aliphatic carbocycles. The third-order valence-corrected chi connectivity index (χ3v) is 10.2. The Morgan fingerprint density at radius 1 is 0.554 bits per heavy atom. The molecule has 0 fully saturated rings. The van der Waals surface area contributed by atoms with Crippen molar-refractivity contribution >= 4 is 55.2 Å². The van der Waals surface area contributed by atoms with Crippen LogP contribution < -0.4 is 11.5 Å². The highest BCUT2D eigenvalue weighted by Gasteiger charge is 2.15. The third-order valence-electron chi connectivity index (χ3n) is 10.2. The van der Waals surface area contributed by atoms with Crippen molar-refractivity contribution in [3.05, 3.63) is 217 Å². The van der Waals surface area contributed by atoms with Crippen LogP contribution in [0.15, 0.2) is 210 Å². The van der Waals surface area contributed by atoms with E-state index in [0.29, 0.717) is 23.9 Å². The minimum absolute atomic E-state index is 0.366. The van der Waals surface area contributed by atoms with Crippen LogP contribution in [0.3, 0.4) is 0 Å². The number of hydrogen-bond acceptors (Lipinski definition) is 2. The maximum atomic E-state index is 6.56. The summed E-state index contributed by atoms with van der Waals surface area (Å²) < 4.78 is 4.64. The fraction of sp³-hybridized carbons (Fsp3) is 0.0400. The van der Waals surface area contributed by atoms with Crippen LogP contribution >= 0.6 is 0 Å². The van der Waals surface area contributed by atoms with Crippen LogP contribution in [0.25, 0.3) is 54.9 Å². The Kier molecular flexibility index (Phi) is 9.27. The van der Waals surface area contributed by atoms with Crippen molar-refractivity contribution in [2.24, 2.45) is 21.5 Å². The third kappa shape index (κ3) is 6.88. The summed E-state index contributed by atoms with van der Waals surface area (Å²) in [6.45, 7) is 0.445. The van der Waals surface area contributed by atoms with Gasteiger partial charge in [0.25, 0.3) is 0 Å². The Labute approximate surface area is 325 Å². The molecule has 0 amide bonds. The topological polar surface area (TPSA) is 86.6 Å². The SMILES string of the molecule is NC(=NC(=NCc1ccccc1)/C(N)=C/C=C\Cc1ccc(-n2c3ccccc3c3cc4cc5ccn(-c6ccccc6)c5cc4cc32)cc1)c1ccccc1. The molecule has 2 aromatic heterocycles. The zero-order chi connectivity index (χ0) is 37.8. The normalized spacial score (nSPS) is 12.8. The predicted molar refractivity (Wildman–Crippen MR) is 235 cm³/mol. The highest BCUT2D eigenvalue weighted by Crippen LogP contribution is 2.36. The van der Waals surface area contributed by atoms with Gasteiger partial charge in [-0.1, -0.05) is 121 Å². The molecule has 0 saturated heterocycles. The average Bonchev–Trinajstić information content (AvgIpc) is 3.81. The van der Waals surface area contributed by atoms with Gasteiger partial charge < -0.3 is 20.6 Å². The van der Waals surface area contributed by atoms with Gasteiger partial charge >= 0.3 is 0 Å². The number of rotatable bonds is 9. The molecule has 0 aliphatic heterocycles. The molecule has 9 aromatic rings. The fourth-order valence-electron chi connectivity index (χ4n) is 7.40. The first kappa shape index (κ1) is 34.3. The number of benzene rings is 7. The van der Waals surface area contributed by atoms with Gasteiger partial charge in [0, 0.05) is 39.3 Å². The van der Waals surface area contributed by atoms with Gasteiger partial charge in [0.05, 0.1) is 28.8 Å². The number of hydrogen-bond donors (Lipinski definition) is 2. The van der Waals surface area contributed by atoms with Gasteiger partial charge in [-0.3, -0.25) is 4.99 Å². The van der Waals surface area contributed by atoms with E-state index >= 15 is 0 Å². The molecule has 0 spiro atoms. The highest BCUT2D eigenvalue weighted by atomic mass is 15.0. The standard InChI is InChI=1S/C50H40N6/c51-45(50(53-34-36-15-4-1-5-16-36)54-49(52)37-17-6-2-7-18-37)22-12-10-14-35-24-26-42(27-25-35)56-46-23-13-11-21-43(46)44-31-39-30-38-28-29-55(41-19-8-3-9-20-41)47(38)32-40(39)33-48(44)56/h1-13,15-33H,14,34,51H2,(H2,52,53,54)/b12-10-,45-22-. The molecule has 0 radical (unpaired) electrons. The molecule has 0 saturated carbocycles. The number of allylic oxidation sites excluding steroid dienone is 3. The molecule has 6 nitrogen and oxygen atoms in total. The second kappa shape index (κ2) is 15.1. The molecule has 0 unspecified atom stereocenters. The minimum Gasteiger partial charge on any atom is -0.396 e. The van der Waals surface area contributed by atoms with Crippen molar-refractivity contribution in [1.29, 1.82) is 0 Å². The van der Waals surface area contributed by atoms with E-state index in [9.17, 15) is 0 Å². The quantitative estimate of drug-likeness (QED) is 0.0882. The van der Waals surface area contributed by atoms with E-state index in [1.54, 1.807) is 0 Å². The molecule has 9 rings (SSSR count). The Morgan fingerprint density at radius 3 is 2.02 bits per heavy atom. The molecular weight excluding hydrogens is 685 g/mol. The van der Waals surface area contributed by atoms with Gasteiger partial charge in [0.1, 0.15) is 5.84 Å². The number of aliphatic imine (C=N–C) groups is 2. The monoisotopic (exact) mass is 724 g/mol. The van der Waals surface area contributed by atoms with Crippen molar-refractivity contribution in [2.75, 3.05) is 0 Å². The van der Waals surface area contributed by atoms with Crippen molar-refractivity contribution in [1.82, 2.24) is 9.13 Å². The molecule has 0 aliphatic rings. The summed E-state index contributed by atoms with van der Waals surface area (Å²) in [6, 6.07) is 59.2. The molecule has 7 aromatic carbocycles. The first-order chi connectivity index (χ1) is 27.6. The van der Waals surface area contributed by atoms with Crippen LogP contribution in [-0.4, -0.2) is 20.8 Å². The van der Waals surface area contributed by atoms with Gasteiger partial charge in [-0.15, -0.1) is 0 Å². The zero-order valence-electron chi connectivity index (χ0n) is 30.8. The molecule has 4 N–H and O–H groups in total. The second-order valence-corrected chi connectivity index (χ2v) is 13.9. The van der Waals surface area contributed by atoms with Crippen LogP contribution in [0.5, 0.6) is 0 Å². The lowest BCUT2D eigenvalue weighted by molar-refractivity contribution is 1.06. The van der Waals surface area contributed by atoms with Crippen molar-refractivity contribution in [2.45, 2.75) is 13.0 Å². The summed E-state index contributed by atoms with van der Waals surface area (Å²) in [5, 5.41) is 6.15. The Hall–Kier alpha value is -7.44. The maximum Gasteiger partial charge on any atom is 0.173 e. The summed E-state index contributed by atoms with van der Waals surface area (Å²) in [5.41, 5.74) is 22.3. The van der Waals surface area contributed by atoms with E-state index in [1.165, 1.54) is 49.0 Å². The number of amidine groups is 2. The van der Waals surface area contributed by atoms with E-state index in [2.05, 4.69) is 136 Å². The van der Waals surface area contributed by atoms with Gasteiger partial charge in [-0.2, -0.15) is 0 Å². The number of para-hydroxylation sites is 2. The van der Waals surface area contributed by atoms with Crippen molar-refractivity contribution in [3.8, 4) is 11.4 Å². The van der Waals surface area contributed by atoms with E-state index in [1.807, 2.05) is 72.8 Å². The van der Waals surface area contributed by atoms with E-state index in [0.717, 1.165) is 28.9 Å². The van der Waals surface area contributed by atoms with E-state index in [-0.39, 0.29) is 0 Å². The summed E-state index contributed by atoms with van der Waals surface area (Å²) in [4.78, 5) is 9.37. The van der Waals surface area contributed by atoms with Gasteiger partial charge in [0.2, 0.25) is 0 Å². The van der Waals surface area contributed by atoms with E-state index in [4.69, 9.17) is 16.5 Å². The van der Waals surface area contributed by atoms with Crippen LogP contribution in [0.2, 0.25) is 0 Å². The number of aromatic nitrogens is 2. The number of fused-ring (bicyclic) bond motifs is 5. The van der Waals surface area contributed by atoms with Crippen LogP contribution in [0.1, 0.15) is 16.7 Å². The molecule has 0 bridgehead atoms. The molecule has 2 heterocycles. The smallest absolute Gasteiger partial charge is 0.173 e. The molecule has 270 valence electrons. The molecular formula is C50H40N6. The lowest BCUT2D eigenvalue weighted by atomic mass is 10.0. The van der Waals surface area contributed by atoms with Gasteiger partial charge in [-0.25, -0.2) is 4.99 Å². The van der Waals surface area contributed by atoms with Crippen LogP contribution in [0.4, 0.5) is 0 Å². The average molecular weight is 725 g/mol. The maximum absolute atomic E-state index is 6.56. The highest BCUT2D eigenvalue weighted by molar-refractivity contribution is 6.15. The van der Waals surface area contributed by atoms with E-state index < -0.39 is 0 Å². The minimum atomic E-state index is 0.366. The number of nitrogens with two attached hydrogens (primary N) is 2. The second-order valence-electron chi connectivity index (χ2n) is 13.9. The molecule has 6 heteroatoms. The fourth-order valence-corrected chi connectivity index (χ4v) is 7.40. The zero-order valence-corrected chi connectivity index (χ0v) is 30.8. The lowest BCUT2D eigenvalue weighted by Gasteiger charge is -2.10.